The number of benzene rings is 2. The molecular weight excluding hydrogens is 331 g/mol. The molecule has 8 heteroatoms. The Labute approximate surface area is 131 Å². The summed E-state index contributed by atoms with van der Waals surface area (Å²) < 4.78 is 65.0. The quantitative estimate of drug-likeness (QED) is 0.667. The van der Waals surface area contributed by atoms with Crippen molar-refractivity contribution < 1.29 is 25.8 Å². The van der Waals surface area contributed by atoms with E-state index in [4.69, 9.17) is 5.73 Å². The maximum atomic E-state index is 12.6. The average molecular weight is 345 g/mol. The summed E-state index contributed by atoms with van der Waals surface area (Å²) in [6.07, 6.45) is -1.50. The van der Waals surface area contributed by atoms with Crippen LogP contribution in [0.3, 0.4) is 0 Å². The number of rotatable bonds is 5. The molecule has 0 aliphatic heterocycles. The van der Waals surface area contributed by atoms with Crippen LogP contribution in [0.2, 0.25) is 0 Å². The molecule has 4 nitrogen and oxygen atoms in total. The highest BCUT2D eigenvalue weighted by molar-refractivity contribution is 7.87. The standard InChI is InChI=1S/C15H14F3NO3S/c16-15(17,18)23(20,21)22-14(12-9-5-2-6-10-12)13(19)11-7-3-1-4-8-11/h1-10,13-14H,19H2/t13-,14-/m0/s1. The van der Waals surface area contributed by atoms with Crippen molar-refractivity contribution >= 4 is 10.1 Å². The average Bonchev–Trinajstić information content (AvgIpc) is 2.52. The van der Waals surface area contributed by atoms with Gasteiger partial charge in [0.2, 0.25) is 0 Å². The van der Waals surface area contributed by atoms with Crippen LogP contribution in [0.1, 0.15) is 23.3 Å². The molecule has 124 valence electrons. The van der Waals surface area contributed by atoms with E-state index in [1.165, 1.54) is 12.1 Å². The van der Waals surface area contributed by atoms with Crippen molar-refractivity contribution in [2.75, 3.05) is 0 Å². The molecule has 0 heterocycles. The Morgan fingerprint density at radius 2 is 1.30 bits per heavy atom. The number of alkyl halides is 3. The SMILES string of the molecule is N[C@@H](c1ccccc1)[C@@H](OS(=O)(=O)C(F)(F)F)c1ccccc1. The number of nitrogens with two attached hydrogens (primary N) is 1. The van der Waals surface area contributed by atoms with Gasteiger partial charge in [-0.05, 0) is 11.1 Å². The highest BCUT2D eigenvalue weighted by atomic mass is 32.2. The molecular formula is C15H14F3NO3S. The maximum Gasteiger partial charge on any atom is 0.523 e. The lowest BCUT2D eigenvalue weighted by Crippen LogP contribution is -2.31. The molecule has 2 aromatic carbocycles. The second-order valence-corrected chi connectivity index (χ2v) is 6.33. The van der Waals surface area contributed by atoms with Crippen LogP contribution in [-0.2, 0) is 14.3 Å². The van der Waals surface area contributed by atoms with Gasteiger partial charge in [0.15, 0.2) is 0 Å². The minimum absolute atomic E-state index is 0.233. The van der Waals surface area contributed by atoms with E-state index < -0.39 is 27.8 Å². The molecule has 0 saturated carbocycles. The van der Waals surface area contributed by atoms with Gasteiger partial charge in [-0.25, -0.2) is 0 Å². The van der Waals surface area contributed by atoms with Crippen LogP contribution in [-0.4, -0.2) is 13.9 Å². The summed E-state index contributed by atoms with van der Waals surface area (Å²) in [6.45, 7) is 0. The van der Waals surface area contributed by atoms with Crippen molar-refractivity contribution in [2.24, 2.45) is 5.73 Å². The summed E-state index contributed by atoms with van der Waals surface area (Å²) >= 11 is 0. The molecule has 0 aliphatic carbocycles. The van der Waals surface area contributed by atoms with E-state index >= 15 is 0 Å². The first kappa shape index (κ1) is 17.5. The Bertz CT molecular complexity index is 734. The van der Waals surface area contributed by atoms with E-state index in [1.807, 2.05) is 0 Å². The van der Waals surface area contributed by atoms with Crippen LogP contribution in [0, 0.1) is 0 Å². The largest absolute Gasteiger partial charge is 0.523 e. The number of hydrogen-bond acceptors (Lipinski definition) is 4. The molecule has 0 fully saturated rings. The molecule has 23 heavy (non-hydrogen) atoms. The summed E-state index contributed by atoms with van der Waals surface area (Å²) in [5.74, 6) is 0. The molecule has 2 aromatic rings. The molecule has 0 saturated heterocycles. The van der Waals surface area contributed by atoms with Crippen LogP contribution >= 0.6 is 0 Å². The van der Waals surface area contributed by atoms with Crippen molar-refractivity contribution in [3.63, 3.8) is 0 Å². The van der Waals surface area contributed by atoms with Gasteiger partial charge in [0, 0.05) is 0 Å². The molecule has 0 amide bonds. The lowest BCUT2D eigenvalue weighted by Gasteiger charge is -2.25. The van der Waals surface area contributed by atoms with E-state index in [9.17, 15) is 21.6 Å². The first-order chi connectivity index (χ1) is 10.7. The summed E-state index contributed by atoms with van der Waals surface area (Å²) in [7, 11) is -5.78. The number of hydrogen-bond donors (Lipinski definition) is 1. The first-order valence-electron chi connectivity index (χ1n) is 6.57. The lowest BCUT2D eigenvalue weighted by molar-refractivity contribution is -0.0583. The third kappa shape index (κ3) is 4.10. The Morgan fingerprint density at radius 3 is 1.74 bits per heavy atom. The molecule has 0 aliphatic rings. The van der Waals surface area contributed by atoms with Gasteiger partial charge in [-0.3, -0.25) is 4.18 Å². The van der Waals surface area contributed by atoms with Crippen molar-refractivity contribution in [3.05, 3.63) is 71.8 Å². The molecule has 0 unspecified atom stereocenters. The highest BCUT2D eigenvalue weighted by Gasteiger charge is 2.49. The molecule has 2 rings (SSSR count). The van der Waals surface area contributed by atoms with Crippen molar-refractivity contribution in [2.45, 2.75) is 17.7 Å². The summed E-state index contributed by atoms with van der Waals surface area (Å²) in [5, 5.41) is 0. The van der Waals surface area contributed by atoms with Crippen LogP contribution in [0.4, 0.5) is 13.2 Å². The van der Waals surface area contributed by atoms with Crippen molar-refractivity contribution in [1.29, 1.82) is 0 Å². The van der Waals surface area contributed by atoms with E-state index in [2.05, 4.69) is 4.18 Å². The minimum atomic E-state index is -5.78. The van der Waals surface area contributed by atoms with Crippen molar-refractivity contribution in [1.82, 2.24) is 0 Å². The van der Waals surface area contributed by atoms with E-state index in [0.717, 1.165) is 0 Å². The van der Waals surface area contributed by atoms with Gasteiger partial charge in [0.05, 0.1) is 6.04 Å². The summed E-state index contributed by atoms with van der Waals surface area (Å²) in [5.41, 5.74) is 1.14. The molecule has 0 bridgehead atoms. The minimum Gasteiger partial charge on any atom is -0.321 e. The zero-order valence-electron chi connectivity index (χ0n) is 11.8. The Balaban J connectivity index is 2.42. The van der Waals surface area contributed by atoms with Gasteiger partial charge in [-0.2, -0.15) is 21.6 Å². The van der Waals surface area contributed by atoms with Gasteiger partial charge in [-0.15, -0.1) is 0 Å². The fraction of sp³-hybridized carbons (Fsp3) is 0.200. The molecule has 2 atom stereocenters. The lowest BCUT2D eigenvalue weighted by atomic mass is 9.97. The van der Waals surface area contributed by atoms with Gasteiger partial charge < -0.3 is 5.73 Å². The van der Waals surface area contributed by atoms with Gasteiger partial charge in [-0.1, -0.05) is 60.7 Å². The van der Waals surface area contributed by atoms with Crippen LogP contribution in [0.25, 0.3) is 0 Å². The van der Waals surface area contributed by atoms with Gasteiger partial charge in [0.1, 0.15) is 6.10 Å². The fourth-order valence-electron chi connectivity index (χ4n) is 2.01. The monoisotopic (exact) mass is 345 g/mol. The van der Waals surface area contributed by atoms with E-state index in [1.54, 1.807) is 48.5 Å². The van der Waals surface area contributed by atoms with Crippen LogP contribution < -0.4 is 5.73 Å². The predicted octanol–water partition coefficient (Wildman–Crippen LogP) is 3.29. The topological polar surface area (TPSA) is 69.4 Å². The van der Waals surface area contributed by atoms with Crippen LogP contribution in [0.15, 0.2) is 60.7 Å². The molecule has 0 radical (unpaired) electrons. The number of halogens is 3. The van der Waals surface area contributed by atoms with E-state index in [-0.39, 0.29) is 5.56 Å². The summed E-state index contributed by atoms with van der Waals surface area (Å²) in [6, 6.07) is 14.8. The van der Waals surface area contributed by atoms with E-state index in [0.29, 0.717) is 5.56 Å². The smallest absolute Gasteiger partial charge is 0.321 e. The molecule has 0 aromatic heterocycles. The second-order valence-electron chi connectivity index (χ2n) is 4.76. The zero-order chi connectivity index (χ0) is 17.1. The third-order valence-electron chi connectivity index (χ3n) is 3.15. The Hall–Kier alpha value is -1.90. The maximum absolute atomic E-state index is 12.6. The second kappa shape index (κ2) is 6.69. The molecule has 2 N–H and O–H groups in total. The van der Waals surface area contributed by atoms with Gasteiger partial charge in [0.25, 0.3) is 0 Å². The van der Waals surface area contributed by atoms with Gasteiger partial charge >= 0.3 is 15.6 Å². The fourth-order valence-corrected chi connectivity index (χ4v) is 2.62. The molecule has 0 spiro atoms. The Kier molecular flexibility index (Phi) is 5.08. The first-order valence-corrected chi connectivity index (χ1v) is 7.98. The predicted molar refractivity (Wildman–Crippen MR) is 78.6 cm³/mol. The van der Waals surface area contributed by atoms with Crippen molar-refractivity contribution in [3.8, 4) is 0 Å². The Morgan fingerprint density at radius 1 is 0.870 bits per heavy atom. The summed E-state index contributed by atoms with van der Waals surface area (Å²) in [4.78, 5) is 0. The normalized spacial score (nSPS) is 15.1. The van der Waals surface area contributed by atoms with Crippen LogP contribution in [0.5, 0.6) is 0 Å². The third-order valence-corrected chi connectivity index (χ3v) is 4.18. The highest BCUT2D eigenvalue weighted by Crippen LogP contribution is 2.36. The zero-order valence-corrected chi connectivity index (χ0v) is 12.6.